The first-order valence-electron chi connectivity index (χ1n) is 16.7. The predicted molar refractivity (Wildman–Crippen MR) is 186 cm³/mol. The minimum absolute atomic E-state index is 0.0825. The molecule has 2 aliphatic rings. The highest BCUT2D eigenvalue weighted by Gasteiger charge is 2.49. The van der Waals surface area contributed by atoms with Gasteiger partial charge in [-0.25, -0.2) is 0 Å². The second-order valence-electron chi connectivity index (χ2n) is 14.4. The normalized spacial score (nSPS) is 17.6. The van der Waals surface area contributed by atoms with Crippen molar-refractivity contribution in [3.05, 3.63) is 75.1 Å². The highest BCUT2D eigenvalue weighted by Crippen LogP contribution is 2.46. The fourth-order valence-electron chi connectivity index (χ4n) is 7.11. The third-order valence-electron chi connectivity index (χ3n) is 9.70. The Balaban J connectivity index is 1.38. The fraction of sp³-hybridized carbons (Fsp3) is 0.514. The van der Waals surface area contributed by atoms with E-state index >= 15 is 0 Å². The molecule has 2 N–H and O–H groups in total. The van der Waals surface area contributed by atoms with Crippen molar-refractivity contribution in [1.29, 1.82) is 0 Å². The maximum atomic E-state index is 14.2. The van der Waals surface area contributed by atoms with E-state index in [1.54, 1.807) is 29.2 Å². The molecule has 0 bridgehead atoms. The Morgan fingerprint density at radius 1 is 1.00 bits per heavy atom. The van der Waals surface area contributed by atoms with E-state index < -0.39 is 17.4 Å². The number of rotatable bonds is 8. The smallest absolute Gasteiger partial charge is 0.287 e. The van der Waals surface area contributed by atoms with Crippen LogP contribution in [0.2, 0.25) is 5.02 Å². The Kier molecular flexibility index (Phi) is 10.3. The molecule has 1 aliphatic heterocycles. The molecule has 47 heavy (non-hydrogen) atoms. The Labute approximate surface area is 282 Å². The van der Waals surface area contributed by atoms with Crippen molar-refractivity contribution < 1.29 is 18.8 Å². The molecule has 0 radical (unpaired) electrons. The lowest BCUT2D eigenvalue weighted by molar-refractivity contribution is -0.147. The molecule has 2 fully saturated rings. The van der Waals surface area contributed by atoms with Crippen molar-refractivity contribution in [2.24, 2.45) is 11.3 Å². The zero-order valence-electron chi connectivity index (χ0n) is 28.2. The van der Waals surface area contributed by atoms with Crippen molar-refractivity contribution in [2.45, 2.75) is 83.7 Å². The predicted octanol–water partition coefficient (Wildman–Crippen LogP) is 5.96. The van der Waals surface area contributed by atoms with Gasteiger partial charge in [0.1, 0.15) is 11.6 Å². The molecule has 1 saturated heterocycles. The first-order valence-corrected chi connectivity index (χ1v) is 17.1. The number of nitrogens with zero attached hydrogens (tertiary/aromatic N) is 2. The molecule has 1 saturated carbocycles. The average Bonchev–Trinajstić information content (AvgIpc) is 3.04. The first-order chi connectivity index (χ1) is 22.3. The lowest BCUT2D eigenvalue weighted by atomic mass is 9.63. The van der Waals surface area contributed by atoms with Crippen LogP contribution >= 0.6 is 11.6 Å². The van der Waals surface area contributed by atoms with Crippen LogP contribution in [0.3, 0.4) is 0 Å². The van der Waals surface area contributed by atoms with Gasteiger partial charge in [-0.1, -0.05) is 43.0 Å². The van der Waals surface area contributed by atoms with Gasteiger partial charge in [0.05, 0.1) is 10.8 Å². The number of nitrogens with one attached hydrogen (secondary N) is 2. The van der Waals surface area contributed by atoms with Crippen LogP contribution < -0.4 is 21.0 Å². The summed E-state index contributed by atoms with van der Waals surface area (Å²) in [6, 6.07) is 12.6. The van der Waals surface area contributed by atoms with Gasteiger partial charge < -0.3 is 24.9 Å². The van der Waals surface area contributed by atoms with Crippen LogP contribution in [-0.2, 0) is 16.0 Å². The number of hydrogen-bond acceptors (Lipinski definition) is 6. The van der Waals surface area contributed by atoms with E-state index in [4.69, 9.17) is 16.0 Å². The molecule has 2 aromatic carbocycles. The van der Waals surface area contributed by atoms with Crippen LogP contribution in [0.1, 0.15) is 81.8 Å². The van der Waals surface area contributed by atoms with Crippen molar-refractivity contribution in [3.8, 4) is 0 Å². The number of amides is 3. The van der Waals surface area contributed by atoms with Crippen LogP contribution in [0.15, 0.2) is 57.7 Å². The number of likely N-dealkylation sites (tertiary alicyclic amines) is 1. The summed E-state index contributed by atoms with van der Waals surface area (Å²) in [5.41, 5.74) is 0.719. The summed E-state index contributed by atoms with van der Waals surface area (Å²) in [6.45, 7) is 6.83. The van der Waals surface area contributed by atoms with E-state index in [0.29, 0.717) is 36.3 Å². The highest BCUT2D eigenvalue weighted by atomic mass is 35.5. The van der Waals surface area contributed by atoms with Crippen molar-refractivity contribution >= 4 is 46.0 Å². The largest absolute Gasteiger partial charge is 0.451 e. The molecular formula is C37H47ClN4O5. The SMILES string of the molecule is CN(C)c1ccc2oc(C(=O)N[C@H](Cc3ccc(Cl)cc3)C(=O)N3CCC(C(=O)NC(C)(C)C)(C4CCCCC4)CC3)cc(=O)c2c1. The van der Waals surface area contributed by atoms with E-state index in [-0.39, 0.29) is 46.5 Å². The number of carbonyl (C=O) groups is 3. The van der Waals surface area contributed by atoms with Crippen LogP contribution in [0.25, 0.3) is 11.0 Å². The molecule has 252 valence electrons. The number of halogens is 1. The number of anilines is 1. The number of carbonyl (C=O) groups excluding carboxylic acids is 3. The topological polar surface area (TPSA) is 112 Å². The number of piperidine rings is 1. The Hall–Kier alpha value is -3.85. The quantitative estimate of drug-likeness (QED) is 0.308. The van der Waals surface area contributed by atoms with Gasteiger partial charge in [0.25, 0.3) is 5.91 Å². The van der Waals surface area contributed by atoms with Crippen molar-refractivity contribution in [1.82, 2.24) is 15.5 Å². The van der Waals surface area contributed by atoms with E-state index in [0.717, 1.165) is 36.9 Å². The summed E-state index contributed by atoms with van der Waals surface area (Å²) in [4.78, 5) is 58.3. The van der Waals surface area contributed by atoms with Gasteiger partial charge in [0.2, 0.25) is 11.8 Å². The van der Waals surface area contributed by atoms with E-state index in [9.17, 15) is 19.2 Å². The number of hydrogen-bond donors (Lipinski definition) is 2. The van der Waals surface area contributed by atoms with Crippen molar-refractivity contribution in [3.63, 3.8) is 0 Å². The summed E-state index contributed by atoms with van der Waals surface area (Å²) in [6.07, 6.45) is 6.84. The zero-order chi connectivity index (χ0) is 33.9. The average molecular weight is 663 g/mol. The minimum Gasteiger partial charge on any atom is -0.451 e. The van der Waals surface area contributed by atoms with Crippen LogP contribution in [-0.4, -0.2) is 61.4 Å². The number of benzene rings is 2. The Morgan fingerprint density at radius 3 is 2.28 bits per heavy atom. The maximum Gasteiger partial charge on any atom is 0.287 e. The first kappa shape index (κ1) is 34.5. The summed E-state index contributed by atoms with van der Waals surface area (Å²) < 4.78 is 5.87. The molecule has 2 heterocycles. The molecule has 0 unspecified atom stereocenters. The molecule has 1 aliphatic carbocycles. The number of fused-ring (bicyclic) bond motifs is 1. The molecule has 0 spiro atoms. The summed E-state index contributed by atoms with van der Waals surface area (Å²) in [7, 11) is 3.75. The molecular weight excluding hydrogens is 616 g/mol. The molecule has 5 rings (SSSR count). The van der Waals surface area contributed by atoms with Gasteiger partial charge in [0, 0.05) is 55.9 Å². The monoisotopic (exact) mass is 662 g/mol. The Bertz CT molecular complexity index is 1660. The van der Waals surface area contributed by atoms with Gasteiger partial charge in [0.15, 0.2) is 11.2 Å². The molecule has 1 atom stereocenters. The highest BCUT2D eigenvalue weighted by molar-refractivity contribution is 6.30. The maximum absolute atomic E-state index is 14.2. The second-order valence-corrected chi connectivity index (χ2v) is 14.9. The van der Waals surface area contributed by atoms with Crippen LogP contribution in [0.5, 0.6) is 0 Å². The minimum atomic E-state index is -0.925. The lowest BCUT2D eigenvalue weighted by Crippen LogP contribution is -2.59. The fourth-order valence-corrected chi connectivity index (χ4v) is 7.23. The van der Waals surface area contributed by atoms with Crippen molar-refractivity contribution in [2.75, 3.05) is 32.1 Å². The van der Waals surface area contributed by atoms with Crippen LogP contribution in [0.4, 0.5) is 5.69 Å². The second kappa shape index (κ2) is 14.1. The lowest BCUT2D eigenvalue weighted by Gasteiger charge is -2.48. The standard InChI is InChI=1S/C37H47ClN4O5/c1-36(2,3)40-35(46)37(25-9-7-6-8-10-25)17-19-42(20-18-37)34(45)29(21-24-11-13-26(38)14-12-24)39-33(44)32-23-30(43)28-22-27(41(4)5)15-16-31(28)47-32/h11-16,22-23,25,29H,6-10,17-21H2,1-5H3,(H,39,44)(H,40,46)/t29-/m1/s1. The van der Waals surface area contributed by atoms with E-state index in [2.05, 4.69) is 10.6 Å². The summed E-state index contributed by atoms with van der Waals surface area (Å²) in [5, 5.41) is 7.06. The third-order valence-corrected chi connectivity index (χ3v) is 9.95. The van der Waals surface area contributed by atoms with Gasteiger partial charge in [-0.05, 0) is 88.3 Å². The molecule has 10 heteroatoms. The summed E-state index contributed by atoms with van der Waals surface area (Å²) >= 11 is 6.12. The van der Waals surface area contributed by atoms with E-state index in [1.807, 2.05) is 58.0 Å². The Morgan fingerprint density at radius 2 is 1.66 bits per heavy atom. The third kappa shape index (κ3) is 8.00. The summed E-state index contributed by atoms with van der Waals surface area (Å²) in [5.74, 6) is -0.682. The molecule has 1 aromatic heterocycles. The van der Waals surface area contributed by atoms with Crippen LogP contribution in [0, 0.1) is 11.3 Å². The van der Waals surface area contributed by atoms with Gasteiger partial charge in [-0.15, -0.1) is 0 Å². The molecule has 9 nitrogen and oxygen atoms in total. The van der Waals surface area contributed by atoms with Gasteiger partial charge in [-0.3, -0.25) is 19.2 Å². The zero-order valence-corrected chi connectivity index (χ0v) is 28.9. The molecule has 3 aromatic rings. The van der Waals surface area contributed by atoms with Gasteiger partial charge >= 0.3 is 0 Å². The van der Waals surface area contributed by atoms with E-state index in [1.165, 1.54) is 12.5 Å². The van der Waals surface area contributed by atoms with Gasteiger partial charge in [-0.2, -0.15) is 0 Å². The molecule has 3 amide bonds.